The first-order valence-electron chi connectivity index (χ1n) is 14.0. The molecule has 0 aliphatic carbocycles. The Morgan fingerprint density at radius 2 is 1.48 bits per heavy atom. The molecule has 0 saturated heterocycles. The number of hydrogen-bond donors (Lipinski definition) is 5. The number of hydrogen-bond acceptors (Lipinski definition) is 5. The van der Waals surface area contributed by atoms with Gasteiger partial charge in [-0.15, -0.1) is 0 Å². The Bertz CT molecular complexity index is 1260. The number of carbonyl (C=O) groups is 2. The largest absolute Gasteiger partial charge is 0.391 e. The predicted molar refractivity (Wildman–Crippen MR) is 157 cm³/mol. The van der Waals surface area contributed by atoms with Crippen molar-refractivity contribution >= 4 is 11.8 Å². The van der Waals surface area contributed by atoms with Gasteiger partial charge in [0.2, 0.25) is 5.91 Å². The maximum atomic E-state index is 13.4. The lowest BCUT2D eigenvalue weighted by Crippen LogP contribution is -2.55. The van der Waals surface area contributed by atoms with E-state index in [2.05, 4.69) is 48.9 Å². The average molecular weight is 544 g/mol. The molecule has 5 N–H and O–H groups in total. The molecular weight excluding hydrogens is 502 g/mol. The van der Waals surface area contributed by atoms with Gasteiger partial charge in [-0.1, -0.05) is 99.6 Å². The fraction of sp³-hybridized carbons (Fsp3) is 0.394. The zero-order chi connectivity index (χ0) is 28.7. The lowest BCUT2D eigenvalue weighted by Gasteiger charge is -2.37. The SMILES string of the molecule is CC(C)(C)C(NCC(O)C(Cc1ccccc1)NC(=O)C1NC(=O)c2ccccc21)C(O)CCc1ccccc1. The van der Waals surface area contributed by atoms with Crippen LogP contribution in [0.25, 0.3) is 0 Å². The summed E-state index contributed by atoms with van der Waals surface area (Å²) in [5, 5.41) is 31.7. The maximum Gasteiger partial charge on any atom is 0.252 e. The van der Waals surface area contributed by atoms with Crippen LogP contribution in [0.2, 0.25) is 0 Å². The molecule has 3 aromatic rings. The van der Waals surface area contributed by atoms with Gasteiger partial charge in [0, 0.05) is 18.2 Å². The van der Waals surface area contributed by atoms with E-state index in [1.807, 2.05) is 48.5 Å². The number of aryl methyl sites for hydroxylation is 1. The van der Waals surface area contributed by atoms with Crippen LogP contribution in [0.4, 0.5) is 0 Å². The molecule has 0 bridgehead atoms. The minimum atomic E-state index is -0.942. The molecule has 212 valence electrons. The van der Waals surface area contributed by atoms with E-state index in [9.17, 15) is 19.8 Å². The highest BCUT2D eigenvalue weighted by atomic mass is 16.3. The molecule has 5 atom stereocenters. The Morgan fingerprint density at radius 1 is 0.875 bits per heavy atom. The molecule has 3 aromatic carbocycles. The van der Waals surface area contributed by atoms with E-state index in [4.69, 9.17) is 0 Å². The second-order valence-corrected chi connectivity index (χ2v) is 11.7. The third kappa shape index (κ3) is 7.56. The van der Waals surface area contributed by atoms with Crippen LogP contribution in [0.5, 0.6) is 0 Å². The summed E-state index contributed by atoms with van der Waals surface area (Å²) >= 11 is 0. The van der Waals surface area contributed by atoms with Crippen LogP contribution in [-0.4, -0.2) is 52.9 Å². The van der Waals surface area contributed by atoms with E-state index in [0.29, 0.717) is 24.0 Å². The van der Waals surface area contributed by atoms with Crippen LogP contribution in [0.3, 0.4) is 0 Å². The smallest absolute Gasteiger partial charge is 0.252 e. The van der Waals surface area contributed by atoms with E-state index in [-0.39, 0.29) is 29.8 Å². The zero-order valence-corrected chi connectivity index (χ0v) is 23.5. The highest BCUT2D eigenvalue weighted by molar-refractivity contribution is 6.04. The number of carbonyl (C=O) groups excluding carboxylic acids is 2. The minimum absolute atomic E-state index is 0.176. The molecule has 0 aromatic heterocycles. The molecule has 7 heteroatoms. The average Bonchev–Trinajstić information content (AvgIpc) is 3.28. The van der Waals surface area contributed by atoms with Crippen LogP contribution in [0.1, 0.15) is 60.3 Å². The summed E-state index contributed by atoms with van der Waals surface area (Å²) in [5.41, 5.74) is 2.98. The molecule has 5 unspecified atom stereocenters. The molecule has 0 saturated carbocycles. The van der Waals surface area contributed by atoms with Crippen molar-refractivity contribution in [2.45, 2.75) is 70.4 Å². The van der Waals surface area contributed by atoms with Gasteiger partial charge in [0.15, 0.2) is 0 Å². The molecule has 1 aliphatic heterocycles. The highest BCUT2D eigenvalue weighted by Gasteiger charge is 2.36. The van der Waals surface area contributed by atoms with Crippen LogP contribution < -0.4 is 16.0 Å². The van der Waals surface area contributed by atoms with Crippen LogP contribution in [0, 0.1) is 5.41 Å². The number of amides is 2. The Labute approximate surface area is 237 Å². The van der Waals surface area contributed by atoms with E-state index in [1.54, 1.807) is 24.3 Å². The Balaban J connectivity index is 1.45. The quantitative estimate of drug-likeness (QED) is 0.240. The Morgan fingerprint density at radius 3 is 2.12 bits per heavy atom. The first kappa shape index (κ1) is 29.5. The summed E-state index contributed by atoms with van der Waals surface area (Å²) in [5.74, 6) is -0.649. The lowest BCUT2D eigenvalue weighted by molar-refractivity contribution is -0.124. The molecule has 0 radical (unpaired) electrons. The summed E-state index contributed by atoms with van der Waals surface area (Å²) in [4.78, 5) is 25.8. The summed E-state index contributed by atoms with van der Waals surface area (Å²) in [6.45, 7) is 6.36. The van der Waals surface area contributed by atoms with Gasteiger partial charge in [-0.05, 0) is 47.4 Å². The van der Waals surface area contributed by atoms with E-state index in [1.165, 1.54) is 5.56 Å². The molecular formula is C33H41N3O4. The Kier molecular flexibility index (Phi) is 9.74. The van der Waals surface area contributed by atoms with Crippen molar-refractivity contribution in [2.24, 2.45) is 5.41 Å². The zero-order valence-electron chi connectivity index (χ0n) is 23.5. The first-order valence-corrected chi connectivity index (χ1v) is 14.0. The van der Waals surface area contributed by atoms with Crippen molar-refractivity contribution in [1.29, 1.82) is 0 Å². The van der Waals surface area contributed by atoms with Crippen molar-refractivity contribution in [2.75, 3.05) is 6.54 Å². The van der Waals surface area contributed by atoms with Crippen molar-refractivity contribution < 1.29 is 19.8 Å². The van der Waals surface area contributed by atoms with E-state index >= 15 is 0 Å². The lowest BCUT2D eigenvalue weighted by atomic mass is 9.81. The van der Waals surface area contributed by atoms with Gasteiger partial charge in [0.05, 0.1) is 18.2 Å². The molecule has 7 nitrogen and oxygen atoms in total. The number of benzene rings is 3. The van der Waals surface area contributed by atoms with Gasteiger partial charge in [0.25, 0.3) is 5.91 Å². The van der Waals surface area contributed by atoms with Gasteiger partial charge in [-0.3, -0.25) is 9.59 Å². The van der Waals surface area contributed by atoms with Crippen molar-refractivity contribution in [1.82, 2.24) is 16.0 Å². The van der Waals surface area contributed by atoms with E-state index in [0.717, 1.165) is 12.0 Å². The Hall–Kier alpha value is -3.52. The number of rotatable bonds is 12. The van der Waals surface area contributed by atoms with Gasteiger partial charge < -0.3 is 26.2 Å². The number of fused-ring (bicyclic) bond motifs is 1. The van der Waals surface area contributed by atoms with Gasteiger partial charge in [0.1, 0.15) is 6.04 Å². The fourth-order valence-corrected chi connectivity index (χ4v) is 5.40. The van der Waals surface area contributed by atoms with Crippen LogP contribution in [-0.2, 0) is 17.6 Å². The summed E-state index contributed by atoms with van der Waals surface area (Å²) in [6.07, 6.45) is 0.177. The predicted octanol–water partition coefficient (Wildman–Crippen LogP) is 3.56. The summed E-state index contributed by atoms with van der Waals surface area (Å²) in [7, 11) is 0. The summed E-state index contributed by atoms with van der Waals surface area (Å²) in [6, 6.07) is 25.1. The van der Waals surface area contributed by atoms with Crippen molar-refractivity contribution in [3.05, 3.63) is 107 Å². The third-order valence-electron chi connectivity index (χ3n) is 7.58. The molecule has 40 heavy (non-hydrogen) atoms. The summed E-state index contributed by atoms with van der Waals surface area (Å²) < 4.78 is 0. The second-order valence-electron chi connectivity index (χ2n) is 11.7. The molecule has 4 rings (SSSR count). The molecule has 2 amide bonds. The number of aliphatic hydroxyl groups is 2. The normalized spacial score (nSPS) is 17.8. The number of nitrogens with one attached hydrogen (secondary N) is 3. The standard InChI is InChI=1S/C33H41N3O4/c1-33(2,3)30(27(37)19-18-22-12-6-4-7-13-22)34-21-28(38)26(20-23-14-8-5-9-15-23)35-32(40)29-24-16-10-11-17-25(24)31(39)36-29/h4-17,26-30,34,37-38H,18-21H2,1-3H3,(H,35,40)(H,36,39). The molecule has 0 fully saturated rings. The third-order valence-corrected chi connectivity index (χ3v) is 7.58. The monoisotopic (exact) mass is 543 g/mol. The van der Waals surface area contributed by atoms with Crippen molar-refractivity contribution in [3.63, 3.8) is 0 Å². The van der Waals surface area contributed by atoms with Crippen LogP contribution in [0.15, 0.2) is 84.9 Å². The van der Waals surface area contributed by atoms with Gasteiger partial charge in [-0.25, -0.2) is 0 Å². The molecule has 1 heterocycles. The molecule has 0 spiro atoms. The maximum absolute atomic E-state index is 13.4. The van der Waals surface area contributed by atoms with Gasteiger partial charge in [-0.2, -0.15) is 0 Å². The van der Waals surface area contributed by atoms with Crippen LogP contribution >= 0.6 is 0 Å². The molecule has 1 aliphatic rings. The first-order chi connectivity index (χ1) is 19.1. The number of aliphatic hydroxyl groups excluding tert-OH is 2. The van der Waals surface area contributed by atoms with Crippen molar-refractivity contribution in [3.8, 4) is 0 Å². The van der Waals surface area contributed by atoms with Gasteiger partial charge >= 0.3 is 0 Å². The second kappa shape index (κ2) is 13.2. The highest BCUT2D eigenvalue weighted by Crippen LogP contribution is 2.26. The topological polar surface area (TPSA) is 111 Å². The minimum Gasteiger partial charge on any atom is -0.391 e. The fourth-order valence-electron chi connectivity index (χ4n) is 5.40. The van der Waals surface area contributed by atoms with E-state index < -0.39 is 24.3 Å².